The van der Waals surface area contributed by atoms with Crippen LogP contribution in [0.25, 0.3) is 0 Å². The lowest BCUT2D eigenvalue weighted by atomic mass is 10.2. The van der Waals surface area contributed by atoms with Gasteiger partial charge in [0.1, 0.15) is 11.0 Å². The average molecular weight is 368 g/mol. The first-order valence-corrected chi connectivity index (χ1v) is 6.36. The first-order valence-electron chi connectivity index (χ1n) is 5.19. The predicted octanol–water partition coefficient (Wildman–Crippen LogP) is 4.24. The van der Waals surface area contributed by atoms with Crippen LogP contribution in [0.15, 0.2) is 28.7 Å². The van der Waals surface area contributed by atoms with Gasteiger partial charge in [0.15, 0.2) is 0 Å². The normalized spacial score (nSPS) is 11.4. The third-order valence-corrected chi connectivity index (χ3v) is 3.14. The van der Waals surface area contributed by atoms with Crippen LogP contribution < -0.4 is 11.1 Å². The van der Waals surface area contributed by atoms with Gasteiger partial charge in [0.05, 0.1) is 5.56 Å². The van der Waals surface area contributed by atoms with Gasteiger partial charge in [-0.1, -0.05) is 27.5 Å². The number of benzene rings is 1. The molecule has 0 amide bonds. The Morgan fingerprint density at radius 3 is 2.50 bits per heavy atom. The Labute approximate surface area is 125 Å². The van der Waals surface area contributed by atoms with Crippen molar-refractivity contribution in [2.75, 3.05) is 11.1 Å². The maximum atomic E-state index is 12.8. The highest BCUT2D eigenvalue weighted by atomic mass is 79.9. The van der Waals surface area contributed by atoms with Crippen molar-refractivity contribution in [1.29, 1.82) is 0 Å². The fourth-order valence-electron chi connectivity index (χ4n) is 1.47. The molecular weight excluding hydrogens is 360 g/mol. The lowest BCUT2D eigenvalue weighted by Gasteiger charge is -2.12. The van der Waals surface area contributed by atoms with Gasteiger partial charge in [-0.15, -0.1) is 0 Å². The van der Waals surface area contributed by atoms with Crippen molar-refractivity contribution in [3.05, 3.63) is 39.5 Å². The number of anilines is 3. The standard InChI is InChI=1S/C11H7BrClF3N4/c12-7-2-1-5(3-6(7)11(14,15)16)18-9-4-8(13)19-10(17)20-9/h1-4H,(H3,17,18,19,20). The molecule has 4 nitrogen and oxygen atoms in total. The molecule has 3 N–H and O–H groups in total. The Kier molecular flexibility index (Phi) is 4.05. The first-order chi connectivity index (χ1) is 9.25. The quantitative estimate of drug-likeness (QED) is 0.780. The molecule has 0 unspecified atom stereocenters. The molecule has 0 saturated heterocycles. The summed E-state index contributed by atoms with van der Waals surface area (Å²) in [6, 6.07) is 5.06. The Bertz CT molecular complexity index is 628. The number of alkyl halides is 3. The van der Waals surface area contributed by atoms with E-state index in [1.54, 1.807) is 0 Å². The van der Waals surface area contributed by atoms with Crippen molar-refractivity contribution in [2.24, 2.45) is 0 Å². The van der Waals surface area contributed by atoms with Gasteiger partial charge in [-0.25, -0.2) is 4.98 Å². The third kappa shape index (κ3) is 3.51. The molecule has 9 heteroatoms. The molecule has 0 atom stereocenters. The van der Waals surface area contributed by atoms with Crippen LogP contribution in [0, 0.1) is 0 Å². The van der Waals surface area contributed by atoms with E-state index in [1.165, 1.54) is 18.2 Å². The number of rotatable bonds is 2. The van der Waals surface area contributed by atoms with Gasteiger partial charge < -0.3 is 11.1 Å². The van der Waals surface area contributed by atoms with E-state index in [4.69, 9.17) is 17.3 Å². The second-order valence-corrected chi connectivity index (χ2v) is 4.99. The number of hydrogen-bond donors (Lipinski definition) is 2. The SMILES string of the molecule is Nc1nc(Cl)cc(Nc2ccc(Br)c(C(F)(F)F)c2)n1. The lowest BCUT2D eigenvalue weighted by Crippen LogP contribution is -2.07. The molecule has 0 aliphatic carbocycles. The molecule has 106 valence electrons. The highest BCUT2D eigenvalue weighted by Crippen LogP contribution is 2.36. The summed E-state index contributed by atoms with van der Waals surface area (Å²) in [6.45, 7) is 0. The van der Waals surface area contributed by atoms with Gasteiger partial charge in [0.2, 0.25) is 5.95 Å². The minimum Gasteiger partial charge on any atom is -0.368 e. The summed E-state index contributed by atoms with van der Waals surface area (Å²) < 4.78 is 38.3. The number of nitrogens with zero attached hydrogens (tertiary/aromatic N) is 2. The zero-order valence-corrected chi connectivity index (χ0v) is 12.0. The predicted molar refractivity (Wildman–Crippen MR) is 73.9 cm³/mol. The molecular formula is C11H7BrClF3N4. The number of nitrogen functional groups attached to an aromatic ring is 1. The molecule has 0 aliphatic heterocycles. The molecule has 2 rings (SSSR count). The second-order valence-electron chi connectivity index (χ2n) is 3.75. The van der Waals surface area contributed by atoms with E-state index in [0.717, 1.165) is 6.07 Å². The molecule has 1 aromatic heterocycles. The van der Waals surface area contributed by atoms with Crippen LogP contribution in [0.4, 0.5) is 30.6 Å². The summed E-state index contributed by atoms with van der Waals surface area (Å²) in [4.78, 5) is 7.47. The molecule has 0 saturated carbocycles. The molecule has 0 spiro atoms. The Hall–Kier alpha value is -1.54. The van der Waals surface area contributed by atoms with Gasteiger partial charge in [0.25, 0.3) is 0 Å². The monoisotopic (exact) mass is 366 g/mol. The largest absolute Gasteiger partial charge is 0.417 e. The highest BCUT2D eigenvalue weighted by molar-refractivity contribution is 9.10. The van der Waals surface area contributed by atoms with Crippen LogP contribution in [-0.4, -0.2) is 9.97 Å². The third-order valence-electron chi connectivity index (χ3n) is 2.26. The number of aromatic nitrogens is 2. The first kappa shape index (κ1) is 14.9. The molecule has 1 heterocycles. The molecule has 20 heavy (non-hydrogen) atoms. The van der Waals surface area contributed by atoms with Crippen molar-refractivity contribution < 1.29 is 13.2 Å². The Morgan fingerprint density at radius 2 is 1.90 bits per heavy atom. The number of halogens is 5. The van der Waals surface area contributed by atoms with Crippen molar-refractivity contribution in [2.45, 2.75) is 6.18 Å². The van der Waals surface area contributed by atoms with Crippen LogP contribution in [0.2, 0.25) is 5.15 Å². The summed E-state index contributed by atoms with van der Waals surface area (Å²) in [6.07, 6.45) is -4.46. The van der Waals surface area contributed by atoms with E-state index in [0.29, 0.717) is 0 Å². The summed E-state index contributed by atoms with van der Waals surface area (Å²) in [5.74, 6) is 0.131. The maximum absolute atomic E-state index is 12.8. The zero-order chi connectivity index (χ0) is 14.9. The van der Waals surface area contributed by atoms with Crippen LogP contribution in [0.1, 0.15) is 5.56 Å². The van der Waals surface area contributed by atoms with Crippen LogP contribution in [0.5, 0.6) is 0 Å². The van der Waals surface area contributed by atoms with Crippen molar-refractivity contribution in [3.8, 4) is 0 Å². The maximum Gasteiger partial charge on any atom is 0.417 e. The van der Waals surface area contributed by atoms with Gasteiger partial charge in [-0.05, 0) is 18.2 Å². The van der Waals surface area contributed by atoms with Gasteiger partial charge in [-0.3, -0.25) is 0 Å². The van der Waals surface area contributed by atoms with Gasteiger partial charge >= 0.3 is 6.18 Å². The van der Waals surface area contributed by atoms with Crippen LogP contribution in [0.3, 0.4) is 0 Å². The molecule has 1 aromatic carbocycles. The fourth-order valence-corrected chi connectivity index (χ4v) is 2.13. The number of nitrogens with two attached hydrogens (primary N) is 1. The van der Waals surface area contributed by atoms with Crippen LogP contribution >= 0.6 is 27.5 Å². The minimum absolute atomic E-state index is 0.0456. The van der Waals surface area contributed by atoms with Crippen molar-refractivity contribution >= 4 is 45.0 Å². The summed E-state index contributed by atoms with van der Waals surface area (Å²) in [5, 5.41) is 2.78. The van der Waals surface area contributed by atoms with Crippen molar-refractivity contribution in [1.82, 2.24) is 9.97 Å². The van der Waals surface area contributed by atoms with E-state index < -0.39 is 11.7 Å². The average Bonchev–Trinajstić information content (AvgIpc) is 2.29. The van der Waals surface area contributed by atoms with Crippen molar-refractivity contribution in [3.63, 3.8) is 0 Å². The summed E-state index contributed by atoms with van der Waals surface area (Å²) in [7, 11) is 0. The van der Waals surface area contributed by atoms with E-state index in [9.17, 15) is 13.2 Å². The Balaban J connectivity index is 2.35. The number of hydrogen-bond acceptors (Lipinski definition) is 4. The Morgan fingerprint density at radius 1 is 1.20 bits per heavy atom. The van der Waals surface area contributed by atoms with E-state index in [-0.39, 0.29) is 27.1 Å². The van der Waals surface area contributed by atoms with E-state index in [2.05, 4.69) is 31.2 Å². The lowest BCUT2D eigenvalue weighted by molar-refractivity contribution is -0.138. The van der Waals surface area contributed by atoms with Gasteiger partial charge in [-0.2, -0.15) is 18.2 Å². The molecule has 0 fully saturated rings. The highest BCUT2D eigenvalue weighted by Gasteiger charge is 2.33. The van der Waals surface area contributed by atoms with Gasteiger partial charge in [0, 0.05) is 16.2 Å². The zero-order valence-electron chi connectivity index (χ0n) is 9.67. The second kappa shape index (κ2) is 5.45. The van der Waals surface area contributed by atoms with Crippen LogP contribution in [-0.2, 0) is 6.18 Å². The molecule has 0 aliphatic rings. The smallest absolute Gasteiger partial charge is 0.368 e. The summed E-state index contributed by atoms with van der Waals surface area (Å²) in [5.41, 5.74) is 4.81. The minimum atomic E-state index is -4.46. The molecule has 2 aromatic rings. The number of nitrogens with one attached hydrogen (secondary N) is 1. The summed E-state index contributed by atoms with van der Waals surface area (Å²) >= 11 is 8.55. The fraction of sp³-hybridized carbons (Fsp3) is 0.0909. The molecule has 0 bridgehead atoms. The van der Waals surface area contributed by atoms with E-state index in [1.807, 2.05) is 0 Å². The molecule has 0 radical (unpaired) electrons. The topological polar surface area (TPSA) is 63.8 Å². The van der Waals surface area contributed by atoms with E-state index >= 15 is 0 Å².